The normalized spacial score (nSPS) is 11.4. The van der Waals surface area contributed by atoms with Crippen LogP contribution in [0.5, 0.6) is 0 Å². The summed E-state index contributed by atoms with van der Waals surface area (Å²) < 4.78 is 1.92. The summed E-state index contributed by atoms with van der Waals surface area (Å²) in [6.07, 6.45) is 0.558. The van der Waals surface area contributed by atoms with Gasteiger partial charge in [-0.25, -0.2) is 0 Å². The van der Waals surface area contributed by atoms with Gasteiger partial charge in [-0.3, -0.25) is 9.58 Å². The van der Waals surface area contributed by atoms with Crippen LogP contribution in [-0.2, 0) is 13.6 Å². The molecule has 0 unspecified atom stereocenters. The number of hydrogen-bond donors (Lipinski definition) is 0. The molecule has 0 amide bonds. The minimum absolute atomic E-state index is 0.411. The van der Waals surface area contributed by atoms with Crippen LogP contribution < -0.4 is 0 Å². The Morgan fingerprint density at radius 2 is 2.11 bits per heavy atom. The molecule has 4 nitrogen and oxygen atoms in total. The molecule has 0 N–H and O–H groups in total. The maximum atomic E-state index is 8.74. The average Bonchev–Trinajstić information content (AvgIpc) is 2.72. The average molecular weight is 256 g/mol. The fourth-order valence-electron chi connectivity index (χ4n) is 2.31. The van der Waals surface area contributed by atoms with Gasteiger partial charge in [0.15, 0.2) is 0 Å². The fraction of sp³-hybridized carbons (Fsp3) is 0.467. The Hall–Kier alpha value is -1.86. The molecule has 1 heterocycles. The van der Waals surface area contributed by atoms with Crippen molar-refractivity contribution >= 4 is 10.9 Å². The Labute approximate surface area is 114 Å². The first-order chi connectivity index (χ1) is 9.13. The maximum absolute atomic E-state index is 8.74. The molecule has 0 saturated carbocycles. The molecule has 19 heavy (non-hydrogen) atoms. The summed E-state index contributed by atoms with van der Waals surface area (Å²) in [7, 11) is 1.97. The van der Waals surface area contributed by atoms with Gasteiger partial charge in [-0.2, -0.15) is 10.4 Å². The van der Waals surface area contributed by atoms with Crippen molar-refractivity contribution in [2.24, 2.45) is 7.05 Å². The van der Waals surface area contributed by atoms with Crippen LogP contribution in [0.15, 0.2) is 24.3 Å². The highest BCUT2D eigenvalue weighted by atomic mass is 15.3. The smallest absolute Gasteiger partial charge is 0.0843 e. The number of aromatic nitrogens is 2. The van der Waals surface area contributed by atoms with Crippen LogP contribution in [0.3, 0.4) is 0 Å². The Morgan fingerprint density at radius 1 is 1.37 bits per heavy atom. The molecule has 0 saturated heterocycles. The standard InChI is InChI=1S/C15H20N4/c1-12(2)19(10-6-9-16)11-14-13-7-4-5-8-15(13)18(3)17-14/h4-5,7-8,12H,6,10-11H2,1-3H3. The lowest BCUT2D eigenvalue weighted by Gasteiger charge is -2.24. The molecule has 1 aromatic carbocycles. The van der Waals surface area contributed by atoms with E-state index < -0.39 is 0 Å². The molecule has 4 heteroatoms. The lowest BCUT2D eigenvalue weighted by Crippen LogP contribution is -2.31. The summed E-state index contributed by atoms with van der Waals surface area (Å²) in [5, 5.41) is 14.6. The second kappa shape index (κ2) is 5.85. The van der Waals surface area contributed by atoms with Gasteiger partial charge in [0.25, 0.3) is 0 Å². The topological polar surface area (TPSA) is 44.9 Å². The number of rotatable bonds is 5. The third-order valence-electron chi connectivity index (χ3n) is 3.43. The molecular formula is C15H20N4. The third-order valence-corrected chi connectivity index (χ3v) is 3.43. The van der Waals surface area contributed by atoms with E-state index in [2.05, 4.69) is 42.0 Å². The number of benzene rings is 1. The van der Waals surface area contributed by atoms with Crippen LogP contribution in [0.1, 0.15) is 26.0 Å². The monoisotopic (exact) mass is 256 g/mol. The van der Waals surface area contributed by atoms with E-state index >= 15 is 0 Å². The number of fused-ring (bicyclic) bond motifs is 1. The molecule has 0 aliphatic rings. The summed E-state index contributed by atoms with van der Waals surface area (Å²) in [5.41, 5.74) is 2.24. The highest BCUT2D eigenvalue weighted by molar-refractivity contribution is 5.81. The molecule has 0 fully saturated rings. The van der Waals surface area contributed by atoms with E-state index in [1.54, 1.807) is 0 Å². The Balaban J connectivity index is 2.26. The first-order valence-electron chi connectivity index (χ1n) is 6.65. The van der Waals surface area contributed by atoms with Crippen molar-refractivity contribution in [2.45, 2.75) is 32.9 Å². The van der Waals surface area contributed by atoms with Gasteiger partial charge in [0.1, 0.15) is 0 Å². The Kier molecular flexibility index (Phi) is 4.18. The molecule has 100 valence electrons. The summed E-state index contributed by atoms with van der Waals surface area (Å²) in [6, 6.07) is 10.9. The van der Waals surface area contributed by atoms with Gasteiger partial charge >= 0.3 is 0 Å². The largest absolute Gasteiger partial charge is 0.294 e. The molecule has 1 aromatic heterocycles. The molecule has 0 aliphatic carbocycles. The SMILES string of the molecule is CC(C)N(CCC#N)Cc1nn(C)c2ccccc12. The van der Waals surface area contributed by atoms with Crippen molar-refractivity contribution in [3.63, 3.8) is 0 Å². The van der Waals surface area contributed by atoms with E-state index in [1.807, 2.05) is 23.9 Å². The van der Waals surface area contributed by atoms with Gasteiger partial charge in [-0.05, 0) is 19.9 Å². The zero-order valence-electron chi connectivity index (χ0n) is 11.8. The molecule has 0 atom stereocenters. The predicted octanol–water partition coefficient (Wildman–Crippen LogP) is 2.70. The van der Waals surface area contributed by atoms with Gasteiger partial charge < -0.3 is 0 Å². The summed E-state index contributed by atoms with van der Waals surface area (Å²) in [5.74, 6) is 0. The second-order valence-corrected chi connectivity index (χ2v) is 5.06. The van der Waals surface area contributed by atoms with Crippen molar-refractivity contribution < 1.29 is 0 Å². The number of nitrogens with zero attached hydrogens (tertiary/aromatic N) is 4. The molecule has 0 bridgehead atoms. The van der Waals surface area contributed by atoms with Crippen molar-refractivity contribution in [3.05, 3.63) is 30.0 Å². The first kappa shape index (κ1) is 13.6. The third kappa shape index (κ3) is 2.94. The van der Waals surface area contributed by atoms with E-state index in [4.69, 9.17) is 5.26 Å². The maximum Gasteiger partial charge on any atom is 0.0843 e. The van der Waals surface area contributed by atoms with Gasteiger partial charge in [0, 0.05) is 38.0 Å². The van der Waals surface area contributed by atoms with E-state index in [0.717, 1.165) is 24.3 Å². The van der Waals surface area contributed by atoms with Gasteiger partial charge in [-0.15, -0.1) is 0 Å². The lowest BCUT2D eigenvalue weighted by atomic mass is 10.2. The minimum Gasteiger partial charge on any atom is -0.294 e. The van der Waals surface area contributed by atoms with Crippen LogP contribution in [0, 0.1) is 11.3 Å². The highest BCUT2D eigenvalue weighted by Crippen LogP contribution is 2.19. The Morgan fingerprint density at radius 3 is 2.79 bits per heavy atom. The van der Waals surface area contributed by atoms with Gasteiger partial charge in [-0.1, -0.05) is 18.2 Å². The van der Waals surface area contributed by atoms with E-state index in [1.165, 1.54) is 5.39 Å². The molecule has 0 aliphatic heterocycles. The Bertz CT molecular complexity index is 592. The predicted molar refractivity (Wildman–Crippen MR) is 76.5 cm³/mol. The van der Waals surface area contributed by atoms with Crippen molar-refractivity contribution in [1.29, 1.82) is 5.26 Å². The zero-order valence-corrected chi connectivity index (χ0v) is 11.8. The van der Waals surface area contributed by atoms with Crippen LogP contribution in [0.2, 0.25) is 0 Å². The number of aryl methyl sites for hydroxylation is 1. The van der Waals surface area contributed by atoms with Crippen LogP contribution in [0.25, 0.3) is 10.9 Å². The first-order valence-corrected chi connectivity index (χ1v) is 6.65. The van der Waals surface area contributed by atoms with Crippen LogP contribution in [-0.4, -0.2) is 27.3 Å². The van der Waals surface area contributed by atoms with Crippen LogP contribution in [0.4, 0.5) is 0 Å². The van der Waals surface area contributed by atoms with Crippen LogP contribution >= 0.6 is 0 Å². The zero-order chi connectivity index (χ0) is 13.8. The molecule has 2 rings (SSSR count). The summed E-state index contributed by atoms with van der Waals surface area (Å²) in [4.78, 5) is 2.29. The van der Waals surface area contributed by atoms with Crippen molar-refractivity contribution in [2.75, 3.05) is 6.54 Å². The molecule has 0 radical (unpaired) electrons. The van der Waals surface area contributed by atoms with Gasteiger partial charge in [0.05, 0.1) is 17.3 Å². The summed E-state index contributed by atoms with van der Waals surface area (Å²) in [6.45, 7) is 5.89. The molecular weight excluding hydrogens is 236 g/mol. The number of hydrogen-bond acceptors (Lipinski definition) is 3. The molecule has 0 spiro atoms. The summed E-state index contributed by atoms with van der Waals surface area (Å²) >= 11 is 0. The quantitative estimate of drug-likeness (QED) is 0.826. The minimum atomic E-state index is 0.411. The van der Waals surface area contributed by atoms with E-state index in [0.29, 0.717) is 12.5 Å². The highest BCUT2D eigenvalue weighted by Gasteiger charge is 2.14. The van der Waals surface area contributed by atoms with E-state index in [-0.39, 0.29) is 0 Å². The number of nitriles is 1. The fourth-order valence-corrected chi connectivity index (χ4v) is 2.31. The number of para-hydroxylation sites is 1. The molecule has 2 aromatic rings. The van der Waals surface area contributed by atoms with Crippen molar-refractivity contribution in [3.8, 4) is 6.07 Å². The lowest BCUT2D eigenvalue weighted by molar-refractivity contribution is 0.215. The van der Waals surface area contributed by atoms with Crippen molar-refractivity contribution in [1.82, 2.24) is 14.7 Å². The van der Waals surface area contributed by atoms with E-state index in [9.17, 15) is 0 Å². The van der Waals surface area contributed by atoms with Gasteiger partial charge in [0.2, 0.25) is 0 Å². The second-order valence-electron chi connectivity index (χ2n) is 5.06.